The standard InChI is InChI=1S/C12H18ClFN2O/c1-8(2)16(4-3-5-17)12-6-9(13)10(14)7-11(12)15/h6-8,17H,3-5,15H2,1-2H3. The first-order valence-corrected chi connectivity index (χ1v) is 5.97. The van der Waals surface area contributed by atoms with Gasteiger partial charge in [0.05, 0.1) is 16.4 Å². The second-order valence-corrected chi connectivity index (χ2v) is 4.60. The molecule has 0 saturated heterocycles. The number of nitrogen functional groups attached to an aromatic ring is 1. The van der Waals surface area contributed by atoms with Crippen LogP contribution in [0.15, 0.2) is 12.1 Å². The van der Waals surface area contributed by atoms with E-state index in [1.54, 1.807) is 0 Å². The highest BCUT2D eigenvalue weighted by Gasteiger charge is 2.15. The van der Waals surface area contributed by atoms with Crippen LogP contribution in [0.2, 0.25) is 5.02 Å². The summed E-state index contributed by atoms with van der Waals surface area (Å²) in [5.41, 5.74) is 6.87. The zero-order valence-corrected chi connectivity index (χ0v) is 10.8. The summed E-state index contributed by atoms with van der Waals surface area (Å²) in [4.78, 5) is 2.00. The Kier molecular flexibility index (Phi) is 5.02. The van der Waals surface area contributed by atoms with Gasteiger partial charge in [0.15, 0.2) is 0 Å². The second kappa shape index (κ2) is 6.07. The molecule has 0 aromatic heterocycles. The van der Waals surface area contributed by atoms with Crippen LogP contribution in [0.1, 0.15) is 20.3 Å². The highest BCUT2D eigenvalue weighted by Crippen LogP contribution is 2.30. The Morgan fingerprint density at radius 2 is 2.12 bits per heavy atom. The first-order valence-electron chi connectivity index (χ1n) is 5.59. The topological polar surface area (TPSA) is 49.5 Å². The van der Waals surface area contributed by atoms with Gasteiger partial charge >= 0.3 is 0 Å². The van der Waals surface area contributed by atoms with E-state index in [9.17, 15) is 4.39 Å². The molecular formula is C12H18ClFN2O. The Labute approximate surface area is 106 Å². The number of halogens is 2. The first-order chi connectivity index (χ1) is 7.97. The van der Waals surface area contributed by atoms with Crippen molar-refractivity contribution in [1.29, 1.82) is 0 Å². The van der Waals surface area contributed by atoms with Crippen LogP contribution < -0.4 is 10.6 Å². The Hall–Kier alpha value is -1.00. The molecule has 0 radical (unpaired) electrons. The number of hydrogen-bond donors (Lipinski definition) is 2. The Bertz CT molecular complexity index is 385. The summed E-state index contributed by atoms with van der Waals surface area (Å²) < 4.78 is 13.2. The molecule has 0 atom stereocenters. The lowest BCUT2D eigenvalue weighted by atomic mass is 10.2. The molecule has 0 aliphatic carbocycles. The maximum absolute atomic E-state index is 13.2. The maximum Gasteiger partial charge on any atom is 0.143 e. The summed E-state index contributed by atoms with van der Waals surface area (Å²) in [6.07, 6.45) is 0.632. The van der Waals surface area contributed by atoms with Gasteiger partial charge in [0.2, 0.25) is 0 Å². The summed E-state index contributed by atoms with van der Waals surface area (Å²) in [6, 6.07) is 2.96. The van der Waals surface area contributed by atoms with Crippen LogP contribution in [0.25, 0.3) is 0 Å². The minimum Gasteiger partial charge on any atom is -0.397 e. The molecule has 1 aromatic rings. The van der Waals surface area contributed by atoms with E-state index in [1.807, 2.05) is 18.7 Å². The fourth-order valence-electron chi connectivity index (χ4n) is 1.70. The Morgan fingerprint density at radius 3 is 2.65 bits per heavy atom. The summed E-state index contributed by atoms with van der Waals surface area (Å²) in [5, 5.41) is 8.93. The van der Waals surface area contributed by atoms with Gasteiger partial charge in [-0.3, -0.25) is 0 Å². The quantitative estimate of drug-likeness (QED) is 0.801. The molecule has 1 rings (SSSR count). The second-order valence-electron chi connectivity index (χ2n) is 4.19. The minimum absolute atomic E-state index is 0.0591. The highest BCUT2D eigenvalue weighted by atomic mass is 35.5. The number of aliphatic hydroxyl groups is 1. The van der Waals surface area contributed by atoms with Crippen molar-refractivity contribution in [1.82, 2.24) is 0 Å². The lowest BCUT2D eigenvalue weighted by Crippen LogP contribution is -2.32. The van der Waals surface area contributed by atoms with Crippen molar-refractivity contribution < 1.29 is 9.50 Å². The third kappa shape index (κ3) is 3.48. The van der Waals surface area contributed by atoms with Crippen LogP contribution in [-0.2, 0) is 0 Å². The van der Waals surface area contributed by atoms with Gasteiger partial charge in [-0.05, 0) is 26.3 Å². The normalized spacial score (nSPS) is 10.9. The molecule has 0 heterocycles. The molecule has 0 unspecified atom stereocenters. The van der Waals surface area contributed by atoms with E-state index < -0.39 is 5.82 Å². The van der Waals surface area contributed by atoms with E-state index in [0.29, 0.717) is 24.3 Å². The SMILES string of the molecule is CC(C)N(CCCO)c1cc(Cl)c(F)cc1N. The van der Waals surface area contributed by atoms with Crippen molar-refractivity contribution in [2.24, 2.45) is 0 Å². The minimum atomic E-state index is -0.515. The molecule has 0 aliphatic rings. The van der Waals surface area contributed by atoms with Crippen molar-refractivity contribution in [3.05, 3.63) is 23.0 Å². The van der Waals surface area contributed by atoms with Crippen LogP contribution in [0.5, 0.6) is 0 Å². The maximum atomic E-state index is 13.2. The molecule has 0 saturated carbocycles. The number of anilines is 2. The average molecular weight is 261 g/mol. The molecule has 0 fully saturated rings. The van der Waals surface area contributed by atoms with E-state index in [1.165, 1.54) is 12.1 Å². The summed E-state index contributed by atoms with van der Waals surface area (Å²) in [5.74, 6) is -0.515. The van der Waals surface area contributed by atoms with Crippen LogP contribution in [0.3, 0.4) is 0 Å². The lowest BCUT2D eigenvalue weighted by molar-refractivity contribution is 0.288. The third-order valence-corrected chi connectivity index (χ3v) is 2.85. The van der Waals surface area contributed by atoms with Gasteiger partial charge in [0, 0.05) is 25.3 Å². The van der Waals surface area contributed by atoms with Gasteiger partial charge in [-0.15, -0.1) is 0 Å². The fraction of sp³-hybridized carbons (Fsp3) is 0.500. The Balaban J connectivity index is 3.05. The third-order valence-electron chi connectivity index (χ3n) is 2.56. The molecule has 0 bridgehead atoms. The average Bonchev–Trinajstić information content (AvgIpc) is 2.25. The van der Waals surface area contributed by atoms with E-state index in [-0.39, 0.29) is 17.7 Å². The fourth-order valence-corrected chi connectivity index (χ4v) is 1.86. The van der Waals surface area contributed by atoms with Crippen LogP contribution in [0.4, 0.5) is 15.8 Å². The monoisotopic (exact) mass is 260 g/mol. The van der Waals surface area contributed by atoms with E-state index in [2.05, 4.69) is 0 Å². The summed E-state index contributed by atoms with van der Waals surface area (Å²) in [7, 11) is 0. The van der Waals surface area contributed by atoms with Crippen LogP contribution >= 0.6 is 11.6 Å². The summed E-state index contributed by atoms with van der Waals surface area (Å²) >= 11 is 5.76. The van der Waals surface area contributed by atoms with Crippen molar-refractivity contribution in [2.75, 3.05) is 23.8 Å². The molecule has 1 aromatic carbocycles. The van der Waals surface area contributed by atoms with E-state index >= 15 is 0 Å². The number of aliphatic hydroxyl groups excluding tert-OH is 1. The van der Waals surface area contributed by atoms with Crippen LogP contribution in [-0.4, -0.2) is 24.3 Å². The van der Waals surface area contributed by atoms with Gasteiger partial charge in [0.1, 0.15) is 5.82 Å². The van der Waals surface area contributed by atoms with Crippen molar-refractivity contribution >= 4 is 23.0 Å². The van der Waals surface area contributed by atoms with Gasteiger partial charge < -0.3 is 15.7 Å². The molecule has 96 valence electrons. The molecule has 5 heteroatoms. The molecular weight excluding hydrogens is 243 g/mol. The van der Waals surface area contributed by atoms with Crippen molar-refractivity contribution in [3.63, 3.8) is 0 Å². The number of nitrogens with two attached hydrogens (primary N) is 1. The smallest absolute Gasteiger partial charge is 0.143 e. The molecule has 0 amide bonds. The van der Waals surface area contributed by atoms with Gasteiger partial charge in [-0.25, -0.2) is 4.39 Å². The Morgan fingerprint density at radius 1 is 1.47 bits per heavy atom. The highest BCUT2D eigenvalue weighted by molar-refractivity contribution is 6.31. The molecule has 0 spiro atoms. The first kappa shape index (κ1) is 14.1. The van der Waals surface area contributed by atoms with Crippen molar-refractivity contribution in [2.45, 2.75) is 26.3 Å². The zero-order valence-electron chi connectivity index (χ0n) is 10.1. The number of rotatable bonds is 5. The van der Waals surface area contributed by atoms with Gasteiger partial charge in [-0.2, -0.15) is 0 Å². The van der Waals surface area contributed by atoms with Gasteiger partial charge in [0.25, 0.3) is 0 Å². The molecule has 3 N–H and O–H groups in total. The molecule has 17 heavy (non-hydrogen) atoms. The predicted octanol–water partition coefficient (Wildman–Crippen LogP) is 2.66. The lowest BCUT2D eigenvalue weighted by Gasteiger charge is -2.30. The van der Waals surface area contributed by atoms with E-state index in [4.69, 9.17) is 22.4 Å². The van der Waals surface area contributed by atoms with Crippen molar-refractivity contribution in [3.8, 4) is 0 Å². The predicted molar refractivity (Wildman–Crippen MR) is 70.0 cm³/mol. The zero-order chi connectivity index (χ0) is 13.0. The number of nitrogens with zero attached hydrogens (tertiary/aromatic N) is 1. The van der Waals surface area contributed by atoms with Gasteiger partial charge in [-0.1, -0.05) is 11.6 Å². The van der Waals surface area contributed by atoms with Crippen LogP contribution in [0, 0.1) is 5.82 Å². The molecule has 3 nitrogen and oxygen atoms in total. The molecule has 0 aliphatic heterocycles. The van der Waals surface area contributed by atoms with E-state index in [0.717, 1.165) is 0 Å². The number of hydrogen-bond acceptors (Lipinski definition) is 3. The largest absolute Gasteiger partial charge is 0.397 e. The number of benzene rings is 1. The summed E-state index contributed by atoms with van der Waals surface area (Å²) in [6.45, 7) is 4.78.